The molecular formula is C30H53N5O9+2. The third-order valence-corrected chi connectivity index (χ3v) is 9.44. The quantitative estimate of drug-likeness (QED) is 0.0381. The second kappa shape index (κ2) is 17.8. The van der Waals surface area contributed by atoms with Crippen LogP contribution in [0.25, 0.3) is 0 Å². The maximum Gasteiger partial charge on any atom is 0.186 e. The number of nitrogens with two attached hydrogens (primary N) is 1. The minimum atomic E-state index is -1.43. The van der Waals surface area contributed by atoms with Gasteiger partial charge in [0.25, 0.3) is 0 Å². The van der Waals surface area contributed by atoms with Crippen LogP contribution >= 0.6 is 0 Å². The van der Waals surface area contributed by atoms with Crippen molar-refractivity contribution in [3.8, 4) is 0 Å². The first-order valence-corrected chi connectivity index (χ1v) is 15.9. The van der Waals surface area contributed by atoms with Crippen molar-refractivity contribution in [1.82, 2.24) is 0 Å². The number of quaternary nitrogens is 2. The number of aliphatic hydroxyl groups is 4. The summed E-state index contributed by atoms with van der Waals surface area (Å²) in [4.78, 5) is 0. The maximum atomic E-state index is 10.1. The van der Waals surface area contributed by atoms with E-state index in [1.54, 1.807) is 0 Å². The Kier molecular flexibility index (Phi) is 14.1. The zero-order valence-corrected chi connectivity index (χ0v) is 25.8. The number of fused-ring (bicyclic) bond motifs is 3. The first-order chi connectivity index (χ1) is 21.4. The van der Waals surface area contributed by atoms with Crippen molar-refractivity contribution in [2.24, 2.45) is 16.2 Å². The molecule has 4 saturated heterocycles. The second-order valence-electron chi connectivity index (χ2n) is 12.2. The second-order valence-corrected chi connectivity index (χ2v) is 12.2. The van der Waals surface area contributed by atoms with Gasteiger partial charge in [0.05, 0.1) is 65.9 Å². The molecule has 1 aromatic rings. The zero-order chi connectivity index (χ0) is 31.3. The number of ether oxygens (including phenoxy) is 5. The molecule has 0 unspecified atom stereocenters. The van der Waals surface area contributed by atoms with Gasteiger partial charge in [-0.1, -0.05) is 29.5 Å². The molecule has 0 aromatic heterocycles. The van der Waals surface area contributed by atoms with Crippen LogP contribution in [0.1, 0.15) is 11.1 Å². The summed E-state index contributed by atoms with van der Waals surface area (Å²) in [7, 11) is 0. The fraction of sp³-hybridized carbons (Fsp3) is 0.800. The summed E-state index contributed by atoms with van der Waals surface area (Å²) in [5.74, 6) is 4.94. The normalized spacial score (nSPS) is 32.0. The van der Waals surface area contributed by atoms with E-state index < -0.39 is 37.3 Å². The van der Waals surface area contributed by atoms with Crippen molar-refractivity contribution < 1.29 is 53.1 Å². The summed E-state index contributed by atoms with van der Waals surface area (Å²) < 4.78 is 30.2. The van der Waals surface area contributed by atoms with Crippen LogP contribution in [-0.2, 0) is 36.5 Å². The molecule has 5 rings (SSSR count). The van der Waals surface area contributed by atoms with Crippen LogP contribution in [0, 0.1) is 0 Å². The summed E-state index contributed by atoms with van der Waals surface area (Å²) in [6, 6.07) is 8.58. The van der Waals surface area contributed by atoms with E-state index in [9.17, 15) is 20.4 Å². The van der Waals surface area contributed by atoms with Gasteiger partial charge in [-0.2, -0.15) is 5.11 Å². The Bertz CT molecular complexity index is 962. The average molecular weight is 628 g/mol. The van der Waals surface area contributed by atoms with Gasteiger partial charge in [-0.3, -0.25) is 0 Å². The van der Waals surface area contributed by atoms with Gasteiger partial charge < -0.3 is 58.9 Å². The van der Waals surface area contributed by atoms with E-state index in [1.807, 2.05) is 0 Å². The maximum absolute atomic E-state index is 10.1. The Labute approximate surface area is 260 Å². The van der Waals surface area contributed by atoms with Crippen LogP contribution in [0.3, 0.4) is 0 Å². The minimum absolute atomic E-state index is 0.279. The van der Waals surface area contributed by atoms with E-state index in [0.717, 1.165) is 31.7 Å². The van der Waals surface area contributed by atoms with Crippen molar-refractivity contribution in [2.45, 2.75) is 43.5 Å². The SMILES string of the molecule is NN=NCCOCCOCCOCC[N+]12CC[N+](CCc3ccc(CCO[C@@H]4O[C@H](CO)[C@@H](O)[C@H](O)[C@H]4O)cc3)(CC1)CC2. The lowest BCUT2D eigenvalue weighted by Gasteiger charge is -2.55. The lowest BCUT2D eigenvalue weighted by Crippen LogP contribution is -2.75. The van der Waals surface area contributed by atoms with Gasteiger partial charge in [-0.25, -0.2) is 0 Å². The molecule has 4 fully saturated rings. The number of aliphatic hydroxyl groups excluding tert-OH is 4. The minimum Gasteiger partial charge on any atom is -0.394 e. The van der Waals surface area contributed by atoms with Crippen LogP contribution in [0.2, 0.25) is 0 Å². The fourth-order valence-corrected chi connectivity index (χ4v) is 6.31. The topological polar surface area (TPSA) is 178 Å². The van der Waals surface area contributed by atoms with E-state index >= 15 is 0 Å². The zero-order valence-electron chi connectivity index (χ0n) is 25.8. The summed E-state index contributed by atoms with van der Waals surface area (Å²) in [5, 5.41) is 46.1. The van der Waals surface area contributed by atoms with Crippen LogP contribution in [0.5, 0.6) is 0 Å². The predicted octanol–water partition coefficient (Wildman–Crippen LogP) is -1.38. The van der Waals surface area contributed by atoms with Crippen LogP contribution in [0.4, 0.5) is 0 Å². The summed E-state index contributed by atoms with van der Waals surface area (Å²) in [5.41, 5.74) is 2.43. The highest BCUT2D eigenvalue weighted by atomic mass is 16.7. The fourth-order valence-electron chi connectivity index (χ4n) is 6.31. The first kappa shape index (κ1) is 35.0. The molecule has 4 aliphatic rings. The molecule has 44 heavy (non-hydrogen) atoms. The highest BCUT2D eigenvalue weighted by Gasteiger charge is 2.48. The number of hydrogen-bond donors (Lipinski definition) is 5. The van der Waals surface area contributed by atoms with E-state index in [2.05, 4.69) is 34.6 Å². The Morgan fingerprint density at radius 3 is 1.84 bits per heavy atom. The Morgan fingerprint density at radius 2 is 1.25 bits per heavy atom. The van der Waals surface area contributed by atoms with Crippen LogP contribution in [0.15, 0.2) is 34.6 Å². The van der Waals surface area contributed by atoms with E-state index in [0.29, 0.717) is 46.0 Å². The Balaban J connectivity index is 1.06. The predicted molar refractivity (Wildman–Crippen MR) is 159 cm³/mol. The van der Waals surface area contributed by atoms with Gasteiger partial charge in [0.1, 0.15) is 70.2 Å². The van der Waals surface area contributed by atoms with Gasteiger partial charge in [0.15, 0.2) is 6.29 Å². The molecule has 250 valence electrons. The van der Waals surface area contributed by atoms with Crippen molar-refractivity contribution in [2.75, 3.05) is 112 Å². The number of nitrogens with zero attached hydrogens (tertiary/aromatic N) is 4. The van der Waals surface area contributed by atoms with Gasteiger partial charge in [0, 0.05) is 6.42 Å². The van der Waals surface area contributed by atoms with Gasteiger partial charge in [-0.15, -0.1) is 0 Å². The summed E-state index contributed by atoms with van der Waals surface area (Å²) in [6.07, 6.45) is -4.59. The molecule has 5 atom stereocenters. The van der Waals surface area contributed by atoms with E-state index in [1.165, 1.54) is 53.8 Å². The molecule has 14 heteroatoms. The molecule has 0 radical (unpaired) electrons. The Morgan fingerprint density at radius 1 is 0.705 bits per heavy atom. The molecular weight excluding hydrogens is 574 g/mol. The monoisotopic (exact) mass is 627 g/mol. The van der Waals surface area contributed by atoms with Gasteiger partial charge in [0.2, 0.25) is 0 Å². The number of piperazine rings is 3. The lowest BCUT2D eigenvalue weighted by atomic mass is 9.99. The molecule has 14 nitrogen and oxygen atoms in total. The summed E-state index contributed by atoms with van der Waals surface area (Å²) >= 11 is 0. The van der Waals surface area contributed by atoms with Crippen molar-refractivity contribution in [3.05, 3.63) is 35.4 Å². The highest BCUT2D eigenvalue weighted by molar-refractivity contribution is 5.22. The van der Waals surface area contributed by atoms with E-state index in [4.69, 9.17) is 29.5 Å². The van der Waals surface area contributed by atoms with Crippen molar-refractivity contribution in [1.29, 1.82) is 0 Å². The lowest BCUT2D eigenvalue weighted by molar-refractivity contribution is -1.08. The molecule has 0 spiro atoms. The molecule has 6 N–H and O–H groups in total. The van der Waals surface area contributed by atoms with Crippen molar-refractivity contribution in [3.63, 3.8) is 0 Å². The number of benzene rings is 1. The van der Waals surface area contributed by atoms with E-state index in [-0.39, 0.29) is 6.61 Å². The van der Waals surface area contributed by atoms with Crippen LogP contribution in [-0.4, -0.2) is 172 Å². The third kappa shape index (κ3) is 10.1. The molecule has 4 aliphatic heterocycles. The summed E-state index contributed by atoms with van der Waals surface area (Å²) in [6.45, 7) is 13.3. The molecule has 0 aliphatic carbocycles. The average Bonchev–Trinajstić information content (AvgIpc) is 3.06. The number of hydrogen-bond acceptors (Lipinski definition) is 11. The molecule has 1 aromatic carbocycles. The molecule has 4 heterocycles. The smallest absolute Gasteiger partial charge is 0.186 e. The highest BCUT2D eigenvalue weighted by Crippen LogP contribution is 2.27. The van der Waals surface area contributed by atoms with Gasteiger partial charge >= 0.3 is 0 Å². The van der Waals surface area contributed by atoms with Crippen LogP contribution < -0.4 is 5.84 Å². The van der Waals surface area contributed by atoms with Crippen molar-refractivity contribution >= 4 is 0 Å². The van der Waals surface area contributed by atoms with Gasteiger partial charge in [-0.05, 0) is 17.5 Å². The first-order valence-electron chi connectivity index (χ1n) is 15.9. The number of rotatable bonds is 20. The third-order valence-electron chi connectivity index (χ3n) is 9.44. The molecule has 0 amide bonds. The Hall–Kier alpha value is -1.82. The standard InChI is InChI=1S/C30H53N5O9/c31-33-32-7-17-40-19-21-42-22-20-41-18-15-35-12-9-34(10-13-35,11-14-35)8-5-24-1-3-25(4-2-24)6-16-43-30-29(39)28(38)27(37)26(23-36)44-30/h1-4,26-30,36-39H,5-23H2,(H2,31,32)/q+2/t26-,27-,28+,29-,30-,34?,35?/m1/s1. The molecule has 0 saturated carbocycles. The molecule has 2 bridgehead atoms. The largest absolute Gasteiger partial charge is 0.394 e.